The minimum absolute atomic E-state index is 0.0535. The van der Waals surface area contributed by atoms with Gasteiger partial charge in [0.25, 0.3) is 5.69 Å². The van der Waals surface area contributed by atoms with E-state index in [0.717, 1.165) is 18.7 Å². The van der Waals surface area contributed by atoms with Gasteiger partial charge in [-0.15, -0.1) is 0 Å². The summed E-state index contributed by atoms with van der Waals surface area (Å²) in [5, 5.41) is 22.5. The molecule has 1 aromatic rings. The van der Waals surface area contributed by atoms with Crippen LogP contribution < -0.4 is 14.7 Å². The first kappa shape index (κ1) is 12.6. The number of hydrogen-bond acceptors (Lipinski definition) is 4. The van der Waals surface area contributed by atoms with E-state index in [2.05, 4.69) is 0 Å². The lowest BCUT2D eigenvalue weighted by atomic mass is 10.1. The van der Waals surface area contributed by atoms with Crippen molar-refractivity contribution >= 4 is 5.69 Å². The zero-order valence-electron chi connectivity index (χ0n) is 10.3. The van der Waals surface area contributed by atoms with Crippen LogP contribution in [0.3, 0.4) is 0 Å². The number of likely N-dealkylation sites (tertiary alicyclic amines) is 1. The fourth-order valence-electron chi connectivity index (χ4n) is 2.37. The quantitative estimate of drug-likeness (QED) is 0.597. The molecule has 0 radical (unpaired) electrons. The molecule has 0 bridgehead atoms. The fourth-order valence-corrected chi connectivity index (χ4v) is 2.37. The molecule has 1 aliphatic rings. The van der Waals surface area contributed by atoms with E-state index in [9.17, 15) is 15.2 Å². The average Bonchev–Trinajstić information content (AvgIpc) is 2.83. The summed E-state index contributed by atoms with van der Waals surface area (Å²) in [6.45, 7) is 2.86. The Morgan fingerprint density at radius 1 is 1.39 bits per heavy atom. The maximum atomic E-state index is 11.7. The molecule has 0 aromatic heterocycles. The first-order chi connectivity index (χ1) is 8.61. The van der Waals surface area contributed by atoms with E-state index < -0.39 is 16.4 Å². The minimum Gasteiger partial charge on any atom is -0.865 e. The summed E-state index contributed by atoms with van der Waals surface area (Å²) in [6, 6.07) is 2.98. The van der Waals surface area contributed by atoms with E-state index in [1.807, 2.05) is 0 Å². The molecule has 0 spiro atoms. The van der Waals surface area contributed by atoms with Crippen LogP contribution in [0.25, 0.3) is 0 Å². The van der Waals surface area contributed by atoms with Gasteiger partial charge in [0.1, 0.15) is 12.3 Å². The zero-order valence-corrected chi connectivity index (χ0v) is 10.3. The van der Waals surface area contributed by atoms with Crippen molar-refractivity contribution < 1.29 is 19.7 Å². The number of nitro groups is 1. The predicted molar refractivity (Wildman–Crippen MR) is 62.7 cm³/mol. The number of ether oxygens (including phenoxy) is 1. The van der Waals surface area contributed by atoms with E-state index in [0.29, 0.717) is 6.54 Å². The molecule has 1 heterocycles. The Balaban J connectivity index is 2.29. The van der Waals surface area contributed by atoms with Gasteiger partial charge in [-0.1, -0.05) is 0 Å². The van der Waals surface area contributed by atoms with E-state index in [-0.39, 0.29) is 5.75 Å². The number of nitrogens with one attached hydrogen (secondary N) is 1. The van der Waals surface area contributed by atoms with Gasteiger partial charge >= 0.3 is 0 Å². The van der Waals surface area contributed by atoms with E-state index in [1.54, 1.807) is 6.07 Å². The normalized spacial score (nSPS) is 15.8. The summed E-state index contributed by atoms with van der Waals surface area (Å²) in [4.78, 5) is 11.6. The number of benzene rings is 1. The van der Waals surface area contributed by atoms with Crippen LogP contribution in [0.2, 0.25) is 0 Å². The molecule has 6 heteroatoms. The number of rotatable bonds is 4. The summed E-state index contributed by atoms with van der Waals surface area (Å²) < 4.78 is 4.91. The Hall–Kier alpha value is -1.82. The van der Waals surface area contributed by atoms with E-state index in [1.165, 1.54) is 30.9 Å². The van der Waals surface area contributed by atoms with Crippen LogP contribution in [-0.2, 0) is 6.54 Å². The Morgan fingerprint density at radius 2 is 2.06 bits per heavy atom. The predicted octanol–water partition coefficient (Wildman–Crippen LogP) is -0.144. The van der Waals surface area contributed by atoms with Gasteiger partial charge in [-0.2, -0.15) is 0 Å². The van der Waals surface area contributed by atoms with Crippen molar-refractivity contribution in [3.8, 4) is 11.5 Å². The first-order valence-electron chi connectivity index (χ1n) is 5.97. The van der Waals surface area contributed by atoms with Crippen LogP contribution in [0, 0.1) is 10.1 Å². The zero-order chi connectivity index (χ0) is 13.1. The van der Waals surface area contributed by atoms with Gasteiger partial charge < -0.3 is 14.7 Å². The highest BCUT2D eigenvalue weighted by Gasteiger charge is 2.19. The van der Waals surface area contributed by atoms with Gasteiger partial charge in [-0.3, -0.25) is 10.1 Å². The molecule has 0 atom stereocenters. The van der Waals surface area contributed by atoms with Gasteiger partial charge in [0.2, 0.25) is 0 Å². The Morgan fingerprint density at radius 3 is 2.61 bits per heavy atom. The van der Waals surface area contributed by atoms with Crippen molar-refractivity contribution in [2.45, 2.75) is 19.4 Å². The summed E-state index contributed by atoms with van der Waals surface area (Å²) in [6.07, 6.45) is 2.38. The lowest BCUT2D eigenvalue weighted by Gasteiger charge is -2.16. The summed E-state index contributed by atoms with van der Waals surface area (Å²) >= 11 is 0. The topological polar surface area (TPSA) is 79.9 Å². The highest BCUT2D eigenvalue weighted by Crippen LogP contribution is 2.34. The number of hydrogen-bond donors (Lipinski definition) is 1. The van der Waals surface area contributed by atoms with Crippen LogP contribution in [0.4, 0.5) is 5.69 Å². The van der Waals surface area contributed by atoms with Crippen molar-refractivity contribution in [1.82, 2.24) is 0 Å². The molecule has 6 nitrogen and oxygen atoms in total. The smallest absolute Gasteiger partial charge is 0.265 e. The Bertz CT molecular complexity index is 456. The van der Waals surface area contributed by atoms with Crippen molar-refractivity contribution in [2.75, 3.05) is 20.2 Å². The number of nitrogens with zero attached hydrogens (tertiary/aromatic N) is 1. The number of quaternary nitrogens is 1. The number of nitro benzene ring substituents is 1. The molecule has 0 saturated carbocycles. The van der Waals surface area contributed by atoms with Crippen molar-refractivity contribution in [2.24, 2.45) is 0 Å². The Labute approximate surface area is 105 Å². The van der Waals surface area contributed by atoms with Crippen LogP contribution in [0.5, 0.6) is 11.5 Å². The van der Waals surface area contributed by atoms with Crippen LogP contribution in [-0.4, -0.2) is 25.1 Å². The molecule has 1 aliphatic heterocycles. The van der Waals surface area contributed by atoms with Crippen molar-refractivity contribution in [3.63, 3.8) is 0 Å². The molecule has 1 aromatic carbocycles. The molecule has 1 N–H and O–H groups in total. The lowest BCUT2D eigenvalue weighted by Crippen LogP contribution is -3.08. The molecule has 1 fully saturated rings. The monoisotopic (exact) mass is 252 g/mol. The highest BCUT2D eigenvalue weighted by atomic mass is 16.6. The third kappa shape index (κ3) is 2.53. The summed E-state index contributed by atoms with van der Waals surface area (Å²) in [5.41, 5.74) is 0.387. The second-order valence-corrected chi connectivity index (χ2v) is 4.54. The lowest BCUT2D eigenvalue weighted by molar-refractivity contribution is -0.901. The first-order valence-corrected chi connectivity index (χ1v) is 5.97. The minimum atomic E-state index is -0.650. The molecule has 98 valence electrons. The van der Waals surface area contributed by atoms with Gasteiger partial charge in [0, 0.05) is 30.2 Å². The third-order valence-electron chi connectivity index (χ3n) is 3.28. The molecule has 1 saturated heterocycles. The molecule has 18 heavy (non-hydrogen) atoms. The largest absolute Gasteiger partial charge is 0.865 e. The van der Waals surface area contributed by atoms with Gasteiger partial charge in [0.15, 0.2) is 0 Å². The standard InChI is InChI=1S/C12H16N2O4/c1-18-11-7-9(8-13-4-2-3-5-13)6-10(12(11)15)14(16)17/h6-7,15H,2-5,8H2,1H3. The molecule has 0 amide bonds. The highest BCUT2D eigenvalue weighted by molar-refractivity contribution is 5.56. The Kier molecular flexibility index (Phi) is 3.66. The molecule has 0 aliphatic carbocycles. The summed E-state index contributed by atoms with van der Waals surface area (Å²) in [7, 11) is 1.35. The SMILES string of the molecule is COc1cc(C[NH+]2CCCC2)cc([N+](=O)[O-])c1[O-]. The van der Waals surface area contributed by atoms with Crippen molar-refractivity contribution in [1.29, 1.82) is 0 Å². The molecular weight excluding hydrogens is 236 g/mol. The number of methoxy groups -OCH3 is 1. The van der Waals surface area contributed by atoms with Gasteiger partial charge in [-0.05, 0) is 6.07 Å². The summed E-state index contributed by atoms with van der Waals surface area (Å²) in [5.74, 6) is -0.597. The second kappa shape index (κ2) is 5.22. The third-order valence-corrected chi connectivity index (χ3v) is 3.28. The van der Waals surface area contributed by atoms with Crippen molar-refractivity contribution in [3.05, 3.63) is 27.8 Å². The molecular formula is C12H16N2O4. The van der Waals surface area contributed by atoms with E-state index >= 15 is 0 Å². The second-order valence-electron chi connectivity index (χ2n) is 4.54. The van der Waals surface area contributed by atoms with Crippen LogP contribution >= 0.6 is 0 Å². The maximum Gasteiger partial charge on any atom is 0.265 e. The average molecular weight is 252 g/mol. The molecule has 0 unspecified atom stereocenters. The van der Waals surface area contributed by atoms with Crippen LogP contribution in [0.15, 0.2) is 12.1 Å². The van der Waals surface area contributed by atoms with Crippen LogP contribution in [0.1, 0.15) is 18.4 Å². The van der Waals surface area contributed by atoms with Gasteiger partial charge in [0.05, 0.1) is 25.1 Å². The van der Waals surface area contributed by atoms with Gasteiger partial charge in [-0.25, -0.2) is 0 Å². The molecule has 2 rings (SSSR count). The maximum absolute atomic E-state index is 11.7. The fraction of sp³-hybridized carbons (Fsp3) is 0.500. The van der Waals surface area contributed by atoms with E-state index in [4.69, 9.17) is 4.74 Å².